The molecule has 1 aliphatic carbocycles. The van der Waals surface area contributed by atoms with Gasteiger partial charge in [0.25, 0.3) is 5.91 Å². The minimum atomic E-state index is -0.0241. The van der Waals surface area contributed by atoms with E-state index in [-0.39, 0.29) is 23.7 Å². The Bertz CT molecular complexity index is 650. The Morgan fingerprint density at radius 2 is 2.00 bits per heavy atom. The van der Waals surface area contributed by atoms with E-state index in [1.807, 2.05) is 6.92 Å². The third kappa shape index (κ3) is 2.89. The highest BCUT2D eigenvalue weighted by atomic mass is 16.5. The molecule has 1 N–H and O–H groups in total. The Balaban J connectivity index is 1.66. The molecule has 0 unspecified atom stereocenters. The molecule has 1 saturated carbocycles. The van der Waals surface area contributed by atoms with E-state index in [0.717, 1.165) is 50.2 Å². The molecule has 138 valence electrons. The van der Waals surface area contributed by atoms with Crippen molar-refractivity contribution in [1.82, 2.24) is 20.0 Å². The number of piperazine rings is 1. The number of nitrogens with one attached hydrogen (secondary N) is 1. The molecule has 0 bridgehead atoms. The lowest BCUT2D eigenvalue weighted by Gasteiger charge is -2.52. The first-order chi connectivity index (χ1) is 12.0. The number of fused-ring (bicyclic) bond motifs is 1. The van der Waals surface area contributed by atoms with Crippen LogP contribution in [0.25, 0.3) is 0 Å². The molecule has 25 heavy (non-hydrogen) atoms. The van der Waals surface area contributed by atoms with Gasteiger partial charge in [0.05, 0.1) is 23.4 Å². The van der Waals surface area contributed by atoms with Crippen LogP contribution in [0.4, 0.5) is 0 Å². The summed E-state index contributed by atoms with van der Waals surface area (Å²) < 4.78 is 5.87. The van der Waals surface area contributed by atoms with Gasteiger partial charge in [-0.25, -0.2) is 0 Å². The number of hydrogen-bond donors (Lipinski definition) is 1. The Labute approximate surface area is 149 Å². The summed E-state index contributed by atoms with van der Waals surface area (Å²) in [6, 6.07) is 0. The minimum absolute atomic E-state index is 0.00341. The summed E-state index contributed by atoms with van der Waals surface area (Å²) in [5, 5.41) is 7.53. The molecule has 0 radical (unpaired) electrons. The van der Waals surface area contributed by atoms with Crippen molar-refractivity contribution in [3.05, 3.63) is 17.0 Å². The van der Waals surface area contributed by atoms with E-state index in [2.05, 4.69) is 34.0 Å². The SMILES string of the molecule is C[C@@H]1Cc2c(C(=O)N3CCN(C)CC34CCCCC4)n[nH]c2[C@H](C)O1. The normalized spacial score (nSPS) is 29.6. The van der Waals surface area contributed by atoms with Crippen molar-refractivity contribution < 1.29 is 9.53 Å². The molecule has 3 aliphatic rings. The molecule has 3 heterocycles. The molecular weight excluding hydrogens is 316 g/mol. The van der Waals surface area contributed by atoms with Gasteiger partial charge in [0.15, 0.2) is 5.69 Å². The molecule has 1 saturated heterocycles. The number of rotatable bonds is 1. The van der Waals surface area contributed by atoms with E-state index in [1.54, 1.807) is 0 Å². The first-order valence-corrected chi connectivity index (χ1v) is 9.73. The number of aromatic nitrogens is 2. The zero-order chi connectivity index (χ0) is 17.6. The van der Waals surface area contributed by atoms with Crippen LogP contribution >= 0.6 is 0 Å². The molecule has 6 heteroatoms. The number of carbonyl (C=O) groups excluding carboxylic acids is 1. The lowest BCUT2D eigenvalue weighted by Crippen LogP contribution is -2.64. The molecule has 0 aromatic carbocycles. The molecule has 2 aliphatic heterocycles. The van der Waals surface area contributed by atoms with Gasteiger partial charge in [-0.2, -0.15) is 5.10 Å². The highest BCUT2D eigenvalue weighted by Crippen LogP contribution is 2.38. The second kappa shape index (κ2) is 6.40. The third-order valence-corrected chi connectivity index (χ3v) is 6.31. The predicted octanol–water partition coefficient (Wildman–Crippen LogP) is 2.52. The fraction of sp³-hybridized carbons (Fsp3) is 0.789. The van der Waals surface area contributed by atoms with Crippen molar-refractivity contribution in [2.75, 3.05) is 26.7 Å². The monoisotopic (exact) mass is 346 g/mol. The van der Waals surface area contributed by atoms with E-state index in [1.165, 1.54) is 19.3 Å². The van der Waals surface area contributed by atoms with Gasteiger partial charge in [-0.15, -0.1) is 0 Å². The average molecular weight is 346 g/mol. The number of likely N-dealkylation sites (N-methyl/N-ethyl adjacent to an activating group) is 1. The van der Waals surface area contributed by atoms with Crippen LogP contribution in [-0.2, 0) is 11.2 Å². The molecule has 2 fully saturated rings. The Kier molecular flexibility index (Phi) is 4.36. The van der Waals surface area contributed by atoms with Gasteiger partial charge in [0.2, 0.25) is 0 Å². The van der Waals surface area contributed by atoms with Gasteiger partial charge < -0.3 is 14.5 Å². The van der Waals surface area contributed by atoms with Crippen LogP contribution in [0.1, 0.15) is 73.8 Å². The number of aromatic amines is 1. The predicted molar refractivity (Wildman–Crippen MR) is 95.6 cm³/mol. The summed E-state index contributed by atoms with van der Waals surface area (Å²) in [7, 11) is 2.18. The van der Waals surface area contributed by atoms with Crippen LogP contribution in [0.15, 0.2) is 0 Å². The van der Waals surface area contributed by atoms with E-state index >= 15 is 0 Å². The lowest BCUT2D eigenvalue weighted by atomic mass is 9.78. The zero-order valence-corrected chi connectivity index (χ0v) is 15.7. The molecule has 1 spiro atoms. The second-order valence-electron chi connectivity index (χ2n) is 8.24. The smallest absolute Gasteiger partial charge is 0.275 e. The van der Waals surface area contributed by atoms with Crippen LogP contribution in [0.2, 0.25) is 0 Å². The lowest BCUT2D eigenvalue weighted by molar-refractivity contribution is -0.0104. The van der Waals surface area contributed by atoms with Crippen LogP contribution in [0.5, 0.6) is 0 Å². The number of H-pyrrole nitrogens is 1. The molecule has 6 nitrogen and oxygen atoms in total. The van der Waals surface area contributed by atoms with Crippen molar-refractivity contribution >= 4 is 5.91 Å². The standard InChI is InChI=1S/C19H30N4O2/c1-13-11-15-16(14(2)25-13)20-21-17(15)18(24)23-10-9-22(3)12-19(23)7-5-4-6-8-19/h13-14H,4-12H2,1-3H3,(H,20,21)/t13-,14+/m1/s1. The molecule has 1 aromatic heterocycles. The van der Waals surface area contributed by atoms with Gasteiger partial charge in [0, 0.05) is 31.6 Å². The van der Waals surface area contributed by atoms with Gasteiger partial charge in [0.1, 0.15) is 0 Å². The highest BCUT2D eigenvalue weighted by molar-refractivity contribution is 5.94. The van der Waals surface area contributed by atoms with Crippen LogP contribution in [0.3, 0.4) is 0 Å². The van der Waals surface area contributed by atoms with Crippen molar-refractivity contribution in [2.24, 2.45) is 0 Å². The molecule has 2 atom stereocenters. The third-order valence-electron chi connectivity index (χ3n) is 6.31. The maximum atomic E-state index is 13.5. The fourth-order valence-corrected chi connectivity index (χ4v) is 5.11. The van der Waals surface area contributed by atoms with E-state index in [9.17, 15) is 4.79 Å². The maximum Gasteiger partial charge on any atom is 0.275 e. The fourth-order valence-electron chi connectivity index (χ4n) is 5.11. The quantitative estimate of drug-likeness (QED) is 0.849. The first-order valence-electron chi connectivity index (χ1n) is 9.73. The van der Waals surface area contributed by atoms with Crippen molar-refractivity contribution in [1.29, 1.82) is 0 Å². The summed E-state index contributed by atoms with van der Waals surface area (Å²) in [4.78, 5) is 18.1. The Morgan fingerprint density at radius 1 is 1.24 bits per heavy atom. The molecular formula is C19H30N4O2. The van der Waals surface area contributed by atoms with Crippen LogP contribution in [-0.4, -0.2) is 64.2 Å². The number of hydrogen-bond acceptors (Lipinski definition) is 4. The molecule has 1 aromatic rings. The summed E-state index contributed by atoms with van der Waals surface area (Å²) in [6.45, 7) is 6.83. The van der Waals surface area contributed by atoms with E-state index in [0.29, 0.717) is 5.69 Å². The van der Waals surface area contributed by atoms with Gasteiger partial charge >= 0.3 is 0 Å². The summed E-state index contributed by atoms with van der Waals surface area (Å²) in [5.41, 5.74) is 2.68. The average Bonchev–Trinajstić information content (AvgIpc) is 2.99. The summed E-state index contributed by atoms with van der Waals surface area (Å²) in [5.74, 6) is 0.119. The molecule has 4 rings (SSSR count). The minimum Gasteiger partial charge on any atom is -0.369 e. The van der Waals surface area contributed by atoms with Crippen molar-refractivity contribution in [3.8, 4) is 0 Å². The van der Waals surface area contributed by atoms with Gasteiger partial charge in [-0.1, -0.05) is 19.3 Å². The zero-order valence-electron chi connectivity index (χ0n) is 15.7. The Morgan fingerprint density at radius 3 is 2.76 bits per heavy atom. The summed E-state index contributed by atoms with van der Waals surface area (Å²) in [6.07, 6.45) is 6.83. The van der Waals surface area contributed by atoms with Gasteiger partial charge in [-0.05, 0) is 33.7 Å². The Hall–Kier alpha value is -1.40. The van der Waals surface area contributed by atoms with Crippen molar-refractivity contribution in [2.45, 2.75) is 70.1 Å². The largest absolute Gasteiger partial charge is 0.369 e. The maximum absolute atomic E-state index is 13.5. The topological polar surface area (TPSA) is 61.5 Å². The van der Waals surface area contributed by atoms with Crippen molar-refractivity contribution in [3.63, 3.8) is 0 Å². The van der Waals surface area contributed by atoms with E-state index in [4.69, 9.17) is 4.74 Å². The molecule has 1 amide bonds. The number of carbonyl (C=O) groups is 1. The number of amides is 1. The number of ether oxygens (including phenoxy) is 1. The summed E-state index contributed by atoms with van der Waals surface area (Å²) >= 11 is 0. The van der Waals surface area contributed by atoms with Crippen LogP contribution < -0.4 is 0 Å². The number of nitrogens with zero attached hydrogens (tertiary/aromatic N) is 3. The van der Waals surface area contributed by atoms with E-state index < -0.39 is 0 Å². The van der Waals surface area contributed by atoms with Gasteiger partial charge in [-0.3, -0.25) is 9.89 Å². The van der Waals surface area contributed by atoms with Crippen LogP contribution in [0, 0.1) is 0 Å². The highest BCUT2D eigenvalue weighted by Gasteiger charge is 2.45. The second-order valence-corrected chi connectivity index (χ2v) is 8.24. The first kappa shape index (κ1) is 17.0.